The highest BCUT2D eigenvalue weighted by molar-refractivity contribution is 5.53. The van der Waals surface area contributed by atoms with E-state index in [0.29, 0.717) is 5.65 Å². The number of fused-ring (bicyclic) bond motifs is 1. The highest BCUT2D eigenvalue weighted by Gasteiger charge is 2.08. The van der Waals surface area contributed by atoms with Crippen molar-refractivity contribution in [2.24, 2.45) is 0 Å². The molecule has 0 aromatic carbocycles. The van der Waals surface area contributed by atoms with Crippen molar-refractivity contribution in [3.05, 3.63) is 33.4 Å². The van der Waals surface area contributed by atoms with Crippen molar-refractivity contribution in [3.63, 3.8) is 0 Å². The number of nitrogens with zero attached hydrogens (tertiary/aromatic N) is 3. The highest BCUT2D eigenvalue weighted by atomic mass is 16.1. The van der Waals surface area contributed by atoms with Gasteiger partial charge in [-0.3, -0.25) is 4.40 Å². The van der Waals surface area contributed by atoms with E-state index in [9.17, 15) is 4.79 Å². The summed E-state index contributed by atoms with van der Waals surface area (Å²) in [5, 5.41) is 0. The Morgan fingerprint density at radius 1 is 1.20 bits per heavy atom. The van der Waals surface area contributed by atoms with Gasteiger partial charge < -0.3 is 5.73 Å². The topological polar surface area (TPSA) is 73.3 Å². The van der Waals surface area contributed by atoms with Crippen molar-refractivity contribution in [1.82, 2.24) is 14.4 Å². The summed E-state index contributed by atoms with van der Waals surface area (Å²) in [5.74, 6) is 0.0198. The molecule has 78 valence electrons. The van der Waals surface area contributed by atoms with Crippen LogP contribution in [-0.4, -0.2) is 14.4 Å². The third kappa shape index (κ3) is 1.36. The van der Waals surface area contributed by atoms with Crippen molar-refractivity contribution in [2.75, 3.05) is 5.73 Å². The van der Waals surface area contributed by atoms with E-state index < -0.39 is 0 Å². The zero-order valence-corrected chi connectivity index (χ0v) is 8.90. The van der Waals surface area contributed by atoms with Crippen LogP contribution in [0.1, 0.15) is 16.7 Å². The molecule has 0 radical (unpaired) electrons. The standard InChI is InChI=1S/C10H12N4O/c1-5-4-14-8(7(3)6(5)2)12-9(11)13-10(14)15/h4H,1-3H3,(H2,11,13,15). The molecule has 2 heterocycles. The number of aromatic nitrogens is 3. The Kier molecular flexibility index (Phi) is 1.96. The predicted octanol–water partition coefficient (Wildman–Crippen LogP) is 0.597. The van der Waals surface area contributed by atoms with Crippen LogP contribution in [0.2, 0.25) is 0 Å². The summed E-state index contributed by atoms with van der Waals surface area (Å²) in [6.07, 6.45) is 1.74. The maximum absolute atomic E-state index is 11.5. The molecule has 0 spiro atoms. The number of nitrogens with two attached hydrogens (primary N) is 1. The van der Waals surface area contributed by atoms with Gasteiger partial charge in [-0.1, -0.05) is 0 Å². The van der Waals surface area contributed by atoms with E-state index >= 15 is 0 Å². The van der Waals surface area contributed by atoms with Gasteiger partial charge in [-0.25, -0.2) is 4.79 Å². The molecule has 0 amide bonds. The van der Waals surface area contributed by atoms with Gasteiger partial charge in [0.25, 0.3) is 0 Å². The van der Waals surface area contributed by atoms with E-state index in [1.54, 1.807) is 6.20 Å². The number of pyridine rings is 1. The van der Waals surface area contributed by atoms with E-state index in [0.717, 1.165) is 16.7 Å². The van der Waals surface area contributed by atoms with E-state index in [1.165, 1.54) is 4.40 Å². The minimum absolute atomic E-state index is 0.0198. The number of rotatable bonds is 0. The lowest BCUT2D eigenvalue weighted by atomic mass is 10.1. The third-order valence-electron chi connectivity index (χ3n) is 2.68. The molecule has 0 aliphatic rings. The maximum Gasteiger partial charge on any atom is 0.356 e. The van der Waals surface area contributed by atoms with Gasteiger partial charge in [-0.15, -0.1) is 0 Å². The van der Waals surface area contributed by atoms with Crippen LogP contribution in [-0.2, 0) is 0 Å². The summed E-state index contributed by atoms with van der Waals surface area (Å²) in [7, 11) is 0. The van der Waals surface area contributed by atoms with Gasteiger partial charge in [-0.2, -0.15) is 9.97 Å². The second-order valence-corrected chi connectivity index (χ2v) is 3.62. The number of aryl methyl sites for hydroxylation is 2. The fraction of sp³-hybridized carbons (Fsp3) is 0.300. The summed E-state index contributed by atoms with van der Waals surface area (Å²) in [6.45, 7) is 5.86. The quantitative estimate of drug-likeness (QED) is 0.681. The van der Waals surface area contributed by atoms with Crippen molar-refractivity contribution in [3.8, 4) is 0 Å². The molecule has 15 heavy (non-hydrogen) atoms. The molecule has 2 N–H and O–H groups in total. The first kappa shape index (κ1) is 9.64. The molecule has 2 aromatic heterocycles. The molecule has 0 saturated carbocycles. The summed E-state index contributed by atoms with van der Waals surface area (Å²) in [6, 6.07) is 0. The molecule has 2 rings (SSSR count). The zero-order chi connectivity index (χ0) is 11.2. The Labute approximate surface area is 86.6 Å². The summed E-state index contributed by atoms with van der Waals surface area (Å²) >= 11 is 0. The van der Waals surface area contributed by atoms with E-state index in [1.807, 2.05) is 20.8 Å². The largest absolute Gasteiger partial charge is 0.368 e. The smallest absolute Gasteiger partial charge is 0.356 e. The van der Waals surface area contributed by atoms with Crippen LogP contribution >= 0.6 is 0 Å². The highest BCUT2D eigenvalue weighted by Crippen LogP contribution is 2.15. The van der Waals surface area contributed by atoms with Crippen LogP contribution in [0.3, 0.4) is 0 Å². The molecular weight excluding hydrogens is 192 g/mol. The van der Waals surface area contributed by atoms with Crippen molar-refractivity contribution in [1.29, 1.82) is 0 Å². The molecule has 0 aliphatic carbocycles. The normalized spacial score (nSPS) is 10.9. The van der Waals surface area contributed by atoms with Crippen LogP contribution in [0.4, 0.5) is 5.95 Å². The van der Waals surface area contributed by atoms with Gasteiger partial charge in [0, 0.05) is 6.20 Å². The summed E-state index contributed by atoms with van der Waals surface area (Å²) in [4.78, 5) is 19.2. The third-order valence-corrected chi connectivity index (χ3v) is 2.68. The number of nitrogen functional groups attached to an aromatic ring is 1. The van der Waals surface area contributed by atoms with Crippen molar-refractivity contribution in [2.45, 2.75) is 20.8 Å². The number of hydrogen-bond donors (Lipinski definition) is 1. The second kappa shape index (κ2) is 3.05. The number of anilines is 1. The first-order valence-electron chi connectivity index (χ1n) is 4.63. The van der Waals surface area contributed by atoms with Gasteiger partial charge in [0.05, 0.1) is 0 Å². The van der Waals surface area contributed by atoms with Crippen molar-refractivity contribution < 1.29 is 0 Å². The Hall–Kier alpha value is -1.91. The first-order valence-corrected chi connectivity index (χ1v) is 4.63. The lowest BCUT2D eigenvalue weighted by Crippen LogP contribution is -2.21. The molecule has 5 nitrogen and oxygen atoms in total. The molecule has 0 fully saturated rings. The van der Waals surface area contributed by atoms with Gasteiger partial charge >= 0.3 is 5.69 Å². The van der Waals surface area contributed by atoms with Crippen molar-refractivity contribution >= 4 is 11.6 Å². The van der Waals surface area contributed by atoms with E-state index in [-0.39, 0.29) is 11.6 Å². The minimum atomic E-state index is -0.385. The molecule has 0 aliphatic heterocycles. The van der Waals surface area contributed by atoms with Gasteiger partial charge in [0.15, 0.2) is 0 Å². The first-order chi connectivity index (χ1) is 7.00. The Balaban J connectivity index is 3.05. The lowest BCUT2D eigenvalue weighted by Gasteiger charge is -2.09. The van der Waals surface area contributed by atoms with E-state index in [4.69, 9.17) is 5.73 Å². The fourth-order valence-corrected chi connectivity index (χ4v) is 1.56. The molecule has 2 aromatic rings. The fourth-order valence-electron chi connectivity index (χ4n) is 1.56. The Morgan fingerprint density at radius 3 is 2.53 bits per heavy atom. The zero-order valence-electron chi connectivity index (χ0n) is 8.90. The van der Waals surface area contributed by atoms with Gasteiger partial charge in [0.2, 0.25) is 5.95 Å². The predicted molar refractivity (Wildman–Crippen MR) is 57.9 cm³/mol. The average molecular weight is 204 g/mol. The average Bonchev–Trinajstić information content (AvgIpc) is 2.17. The van der Waals surface area contributed by atoms with E-state index in [2.05, 4.69) is 9.97 Å². The summed E-state index contributed by atoms with van der Waals surface area (Å²) < 4.78 is 1.42. The van der Waals surface area contributed by atoms with Crippen LogP contribution in [0.15, 0.2) is 11.0 Å². The molecule has 0 saturated heterocycles. The molecule has 5 heteroatoms. The molecule has 0 bridgehead atoms. The SMILES string of the molecule is Cc1cn2c(=O)nc(N)nc2c(C)c1C. The van der Waals surface area contributed by atoms with Crippen LogP contribution in [0.5, 0.6) is 0 Å². The Morgan fingerprint density at radius 2 is 1.87 bits per heavy atom. The maximum atomic E-state index is 11.5. The van der Waals surface area contributed by atoms with Crippen LogP contribution in [0.25, 0.3) is 5.65 Å². The minimum Gasteiger partial charge on any atom is -0.368 e. The molecular formula is C10H12N4O. The molecule has 0 unspecified atom stereocenters. The van der Waals surface area contributed by atoms with Crippen LogP contribution < -0.4 is 11.4 Å². The van der Waals surface area contributed by atoms with Crippen LogP contribution in [0, 0.1) is 20.8 Å². The lowest BCUT2D eigenvalue weighted by molar-refractivity contribution is 0.930. The molecule has 0 atom stereocenters. The monoisotopic (exact) mass is 204 g/mol. The van der Waals surface area contributed by atoms with Gasteiger partial charge in [0.1, 0.15) is 5.65 Å². The number of hydrogen-bond acceptors (Lipinski definition) is 4. The second-order valence-electron chi connectivity index (χ2n) is 3.62. The van der Waals surface area contributed by atoms with Gasteiger partial charge in [-0.05, 0) is 37.5 Å². The Bertz CT molecular complexity index is 600. The summed E-state index contributed by atoms with van der Waals surface area (Å²) in [5.41, 5.74) is 8.75.